The van der Waals surface area contributed by atoms with Crippen molar-refractivity contribution >= 4 is 29.5 Å². The number of carbonyl (C=O) groups is 5. The molecule has 40 heavy (non-hydrogen) atoms. The maximum absolute atomic E-state index is 13.2. The van der Waals surface area contributed by atoms with Gasteiger partial charge >= 0.3 is 0 Å². The summed E-state index contributed by atoms with van der Waals surface area (Å²) in [4.78, 5) is 64.9. The van der Waals surface area contributed by atoms with Crippen LogP contribution in [-0.2, 0) is 25.6 Å². The van der Waals surface area contributed by atoms with E-state index in [0.29, 0.717) is 18.7 Å². The molecule has 0 saturated heterocycles. The van der Waals surface area contributed by atoms with Crippen molar-refractivity contribution in [1.29, 1.82) is 0 Å². The number of nitrogens with two attached hydrogens (primary N) is 1. The Kier molecular flexibility index (Phi) is 11.5. The average Bonchev–Trinajstić information content (AvgIpc) is 2.95. The fraction of sp³-hybridized carbons (Fsp3) is 0.414. The zero-order valence-electron chi connectivity index (χ0n) is 22.7. The minimum absolute atomic E-state index is 0.00230. The van der Waals surface area contributed by atoms with Gasteiger partial charge in [-0.3, -0.25) is 24.0 Å². The zero-order chi connectivity index (χ0) is 28.9. The van der Waals surface area contributed by atoms with Crippen LogP contribution in [0.4, 0.5) is 0 Å². The van der Waals surface area contributed by atoms with E-state index in [1.807, 2.05) is 30.3 Å². The van der Waals surface area contributed by atoms with E-state index in [1.165, 1.54) is 4.90 Å². The maximum atomic E-state index is 13.2. The summed E-state index contributed by atoms with van der Waals surface area (Å²) in [6.45, 7) is 0.641. The number of hydrogen-bond acceptors (Lipinski definition) is 6. The molecule has 0 spiro atoms. The van der Waals surface area contributed by atoms with E-state index in [0.717, 1.165) is 12.0 Å². The molecule has 0 saturated carbocycles. The third-order valence-electron chi connectivity index (χ3n) is 6.57. The van der Waals surface area contributed by atoms with Crippen molar-refractivity contribution in [2.24, 2.45) is 5.73 Å². The lowest BCUT2D eigenvalue weighted by molar-refractivity contribution is -0.136. The number of nitrogens with one attached hydrogen (secondary N) is 3. The second-order valence-electron chi connectivity index (χ2n) is 9.67. The molecule has 11 heteroatoms. The first-order valence-corrected chi connectivity index (χ1v) is 13.4. The molecule has 214 valence electrons. The highest BCUT2D eigenvalue weighted by Crippen LogP contribution is 2.19. The highest BCUT2D eigenvalue weighted by molar-refractivity contribution is 5.99. The summed E-state index contributed by atoms with van der Waals surface area (Å²) in [5.74, 6) is -2.11. The van der Waals surface area contributed by atoms with E-state index in [9.17, 15) is 24.0 Å². The fourth-order valence-corrected chi connectivity index (χ4v) is 4.31. The number of hydrogen-bond donors (Lipinski definition) is 4. The van der Waals surface area contributed by atoms with Crippen LogP contribution in [0.3, 0.4) is 0 Å². The van der Waals surface area contributed by atoms with Crippen molar-refractivity contribution in [3.8, 4) is 5.75 Å². The van der Waals surface area contributed by atoms with Crippen molar-refractivity contribution in [2.45, 2.75) is 50.6 Å². The molecule has 0 radical (unpaired) electrons. The second kappa shape index (κ2) is 15.2. The monoisotopic (exact) mass is 551 g/mol. The number of carbonyl (C=O) groups excluding carboxylic acids is 5. The van der Waals surface area contributed by atoms with Gasteiger partial charge in [-0.1, -0.05) is 42.5 Å². The molecule has 2 aromatic carbocycles. The molecule has 0 aromatic heterocycles. The Bertz CT molecular complexity index is 1190. The van der Waals surface area contributed by atoms with Crippen LogP contribution in [-0.4, -0.2) is 73.3 Å². The third-order valence-corrected chi connectivity index (χ3v) is 6.57. The van der Waals surface area contributed by atoms with E-state index in [2.05, 4.69) is 16.0 Å². The van der Waals surface area contributed by atoms with Crippen LogP contribution in [0.15, 0.2) is 54.6 Å². The fourth-order valence-electron chi connectivity index (χ4n) is 4.31. The van der Waals surface area contributed by atoms with Crippen LogP contribution in [0.5, 0.6) is 5.75 Å². The summed E-state index contributed by atoms with van der Waals surface area (Å²) in [6, 6.07) is 14.5. The molecule has 3 rings (SSSR count). The first-order chi connectivity index (χ1) is 19.2. The Balaban J connectivity index is 1.75. The number of likely N-dealkylation sites (N-methyl/N-ethyl adjacent to an activating group) is 1. The lowest BCUT2D eigenvalue weighted by Gasteiger charge is -2.24. The van der Waals surface area contributed by atoms with Crippen LogP contribution in [0.25, 0.3) is 0 Å². The van der Waals surface area contributed by atoms with Crippen molar-refractivity contribution in [1.82, 2.24) is 20.9 Å². The highest BCUT2D eigenvalue weighted by atomic mass is 16.5. The van der Waals surface area contributed by atoms with E-state index < -0.39 is 41.6 Å². The molecule has 0 aliphatic carbocycles. The summed E-state index contributed by atoms with van der Waals surface area (Å²) < 4.78 is 5.81. The number of benzene rings is 2. The van der Waals surface area contributed by atoms with E-state index in [4.69, 9.17) is 10.5 Å². The molecule has 5 amide bonds. The van der Waals surface area contributed by atoms with Gasteiger partial charge in [0.25, 0.3) is 5.91 Å². The van der Waals surface area contributed by atoms with E-state index in [-0.39, 0.29) is 44.4 Å². The molecular formula is C29H37N5O6. The maximum Gasteiger partial charge on any atom is 0.255 e. The van der Waals surface area contributed by atoms with Gasteiger partial charge in [-0.2, -0.15) is 0 Å². The smallest absolute Gasteiger partial charge is 0.255 e. The Morgan fingerprint density at radius 3 is 2.52 bits per heavy atom. The van der Waals surface area contributed by atoms with Gasteiger partial charge in [-0.05, 0) is 43.4 Å². The van der Waals surface area contributed by atoms with Crippen molar-refractivity contribution in [3.63, 3.8) is 0 Å². The molecule has 1 aliphatic heterocycles. The Morgan fingerprint density at radius 2 is 1.77 bits per heavy atom. The number of fused-ring (bicyclic) bond motifs is 1. The largest absolute Gasteiger partial charge is 0.491 e. The minimum Gasteiger partial charge on any atom is -0.491 e. The molecule has 5 N–H and O–H groups in total. The van der Waals surface area contributed by atoms with Gasteiger partial charge in [0, 0.05) is 26.4 Å². The van der Waals surface area contributed by atoms with Crippen LogP contribution < -0.4 is 26.4 Å². The Labute approximate surface area is 233 Å². The quantitative estimate of drug-likeness (QED) is 0.357. The van der Waals surface area contributed by atoms with Gasteiger partial charge < -0.3 is 31.3 Å². The van der Waals surface area contributed by atoms with Crippen LogP contribution >= 0.6 is 0 Å². The standard InChI is InChI=1S/C29H37N5O6/c1-34-18-19-40-24-12-6-5-11-21(24)27(37)33-22(28(38)31-17-7-10-20-8-3-2-4-9-20)14-16-26(36)32-23(29(34)39)13-15-25(30)35/h2-6,8-9,11-12,22-23H,7,10,13-19H2,1H3,(H2,30,35)(H,31,38)(H,32,36)(H,33,37)/t22-,23-/m0/s1. The molecule has 0 unspecified atom stereocenters. The number of nitrogens with zero attached hydrogens (tertiary/aromatic N) is 1. The topological polar surface area (TPSA) is 160 Å². The minimum atomic E-state index is -1.00. The van der Waals surface area contributed by atoms with Crippen LogP contribution in [0.1, 0.15) is 48.0 Å². The normalized spacial score (nSPS) is 18.7. The highest BCUT2D eigenvalue weighted by Gasteiger charge is 2.28. The van der Waals surface area contributed by atoms with Gasteiger partial charge in [0.1, 0.15) is 24.4 Å². The predicted octanol–water partition coefficient (Wildman–Crippen LogP) is 0.915. The number of para-hydroxylation sites is 1. The third kappa shape index (κ3) is 9.40. The molecule has 2 atom stereocenters. The SMILES string of the molecule is CN1CCOc2ccccc2C(=O)N[C@H](C(=O)NCCCc2ccccc2)CCC(=O)N[C@@H](CCC(N)=O)C1=O. The molecule has 11 nitrogen and oxygen atoms in total. The van der Waals surface area contributed by atoms with Gasteiger partial charge in [-0.15, -0.1) is 0 Å². The zero-order valence-corrected chi connectivity index (χ0v) is 22.7. The number of amides is 5. The summed E-state index contributed by atoms with van der Waals surface area (Å²) in [5, 5.41) is 8.25. The van der Waals surface area contributed by atoms with Crippen LogP contribution in [0, 0.1) is 0 Å². The number of aryl methyl sites for hydroxylation is 1. The van der Waals surface area contributed by atoms with Crippen molar-refractivity contribution in [3.05, 3.63) is 65.7 Å². The summed E-state index contributed by atoms with van der Waals surface area (Å²) in [5.41, 5.74) is 6.65. The lowest BCUT2D eigenvalue weighted by Crippen LogP contribution is -2.49. The first kappa shape index (κ1) is 30.1. The van der Waals surface area contributed by atoms with Gasteiger partial charge in [0.05, 0.1) is 12.1 Å². The Hall–Kier alpha value is -4.41. The number of rotatable bonds is 8. The molecule has 2 aromatic rings. The average molecular weight is 552 g/mol. The summed E-state index contributed by atoms with van der Waals surface area (Å²) in [6.07, 6.45) is 1.29. The summed E-state index contributed by atoms with van der Waals surface area (Å²) in [7, 11) is 1.56. The van der Waals surface area contributed by atoms with Gasteiger partial charge in [0.15, 0.2) is 0 Å². The van der Waals surface area contributed by atoms with Gasteiger partial charge in [0.2, 0.25) is 23.6 Å². The lowest BCUT2D eigenvalue weighted by atomic mass is 10.1. The molecule has 0 bridgehead atoms. The summed E-state index contributed by atoms with van der Waals surface area (Å²) >= 11 is 0. The van der Waals surface area contributed by atoms with Crippen LogP contribution in [0.2, 0.25) is 0 Å². The second-order valence-corrected chi connectivity index (χ2v) is 9.67. The molecule has 1 heterocycles. The Morgan fingerprint density at radius 1 is 1.05 bits per heavy atom. The molecule has 0 fully saturated rings. The van der Waals surface area contributed by atoms with E-state index in [1.54, 1.807) is 31.3 Å². The predicted molar refractivity (Wildman–Crippen MR) is 148 cm³/mol. The number of ether oxygens (including phenoxy) is 1. The first-order valence-electron chi connectivity index (χ1n) is 13.4. The van der Waals surface area contributed by atoms with Gasteiger partial charge in [-0.25, -0.2) is 0 Å². The molecular weight excluding hydrogens is 514 g/mol. The number of primary amides is 1. The van der Waals surface area contributed by atoms with E-state index >= 15 is 0 Å². The van der Waals surface area contributed by atoms with Crippen molar-refractivity contribution < 1.29 is 28.7 Å². The van der Waals surface area contributed by atoms with Crippen molar-refractivity contribution in [2.75, 3.05) is 26.7 Å². The molecule has 1 aliphatic rings.